The van der Waals surface area contributed by atoms with Crippen LogP contribution in [-0.2, 0) is 4.79 Å². The molecular formula is C11H12N7O+. The summed E-state index contributed by atoms with van der Waals surface area (Å²) in [7, 11) is 0. The number of fused-ring (bicyclic) bond motifs is 1. The molecule has 8 nitrogen and oxygen atoms in total. The highest BCUT2D eigenvalue weighted by Crippen LogP contribution is 2.32. The Morgan fingerprint density at radius 1 is 1.58 bits per heavy atom. The Kier molecular flexibility index (Phi) is 2.48. The number of tetrazole rings is 1. The predicted octanol–water partition coefficient (Wildman–Crippen LogP) is -0.739. The van der Waals surface area contributed by atoms with Gasteiger partial charge in [-0.3, -0.25) is 4.79 Å². The maximum Gasteiger partial charge on any atom is 0.248 e. The molecule has 0 saturated heterocycles. The van der Waals surface area contributed by atoms with Gasteiger partial charge < -0.3 is 11.1 Å². The maximum atomic E-state index is 11.7. The van der Waals surface area contributed by atoms with Crippen LogP contribution in [0.2, 0.25) is 0 Å². The number of H-pyrrole nitrogens is 1. The summed E-state index contributed by atoms with van der Waals surface area (Å²) in [6.45, 7) is 1.78. The van der Waals surface area contributed by atoms with Gasteiger partial charge in [0.2, 0.25) is 11.9 Å². The van der Waals surface area contributed by atoms with Gasteiger partial charge in [-0.05, 0) is 23.4 Å². The normalized spacial score (nSPS) is 17.8. The van der Waals surface area contributed by atoms with Crippen molar-refractivity contribution in [2.75, 3.05) is 5.32 Å². The Morgan fingerprint density at radius 2 is 2.42 bits per heavy atom. The van der Waals surface area contributed by atoms with Crippen LogP contribution < -0.4 is 16.0 Å². The SMILES string of the molecule is CC1=C(C(N)=O)C(c2ccc[nH+]c2)n2nnnc2N1. The monoisotopic (exact) mass is 258 g/mol. The van der Waals surface area contributed by atoms with E-state index in [-0.39, 0.29) is 0 Å². The second-order valence-corrected chi connectivity index (χ2v) is 4.21. The summed E-state index contributed by atoms with van der Waals surface area (Å²) in [4.78, 5) is 14.7. The Balaban J connectivity index is 2.21. The molecule has 4 N–H and O–H groups in total. The minimum atomic E-state index is -0.500. The van der Waals surface area contributed by atoms with Gasteiger partial charge in [0.05, 0.1) is 5.57 Å². The lowest BCUT2D eigenvalue weighted by Gasteiger charge is -2.25. The number of pyridine rings is 1. The quantitative estimate of drug-likeness (QED) is 0.736. The number of carbonyl (C=O) groups excluding carboxylic acids is 1. The highest BCUT2D eigenvalue weighted by atomic mass is 16.1. The van der Waals surface area contributed by atoms with E-state index in [1.807, 2.05) is 12.1 Å². The molecule has 1 amide bonds. The Hall–Kier alpha value is -2.77. The van der Waals surface area contributed by atoms with Crippen molar-refractivity contribution in [1.29, 1.82) is 0 Å². The first kappa shape index (κ1) is 11.3. The number of nitrogens with one attached hydrogen (secondary N) is 2. The van der Waals surface area contributed by atoms with Gasteiger partial charge in [0.25, 0.3) is 0 Å². The van der Waals surface area contributed by atoms with Crippen molar-refractivity contribution in [3.05, 3.63) is 41.4 Å². The van der Waals surface area contributed by atoms with Crippen molar-refractivity contribution in [2.24, 2.45) is 5.73 Å². The molecule has 2 aromatic heterocycles. The number of hydrogen-bond donors (Lipinski definition) is 2. The van der Waals surface area contributed by atoms with E-state index in [1.165, 1.54) is 4.68 Å². The molecule has 1 aliphatic rings. The summed E-state index contributed by atoms with van der Waals surface area (Å²) >= 11 is 0. The number of nitrogens with zero attached hydrogens (tertiary/aromatic N) is 4. The Labute approximate surface area is 108 Å². The van der Waals surface area contributed by atoms with E-state index in [9.17, 15) is 4.79 Å². The molecule has 8 heteroatoms. The third-order valence-electron chi connectivity index (χ3n) is 3.03. The van der Waals surface area contributed by atoms with Crippen LogP contribution in [0.1, 0.15) is 18.5 Å². The number of nitrogens with two attached hydrogens (primary N) is 1. The van der Waals surface area contributed by atoms with Crippen molar-refractivity contribution in [1.82, 2.24) is 20.2 Å². The van der Waals surface area contributed by atoms with Crippen LogP contribution in [0.5, 0.6) is 0 Å². The van der Waals surface area contributed by atoms with E-state index in [0.29, 0.717) is 17.2 Å². The number of amides is 1. The third kappa shape index (κ3) is 1.73. The molecule has 0 aromatic carbocycles. The van der Waals surface area contributed by atoms with Crippen molar-refractivity contribution in [3.8, 4) is 0 Å². The molecule has 0 aliphatic carbocycles. The first-order chi connectivity index (χ1) is 9.18. The van der Waals surface area contributed by atoms with Gasteiger partial charge in [0.15, 0.2) is 12.4 Å². The number of primary amides is 1. The minimum absolute atomic E-state index is 0.429. The van der Waals surface area contributed by atoms with Crippen LogP contribution in [0, 0.1) is 0 Å². The molecule has 1 atom stereocenters. The average molecular weight is 258 g/mol. The second-order valence-electron chi connectivity index (χ2n) is 4.21. The zero-order valence-electron chi connectivity index (χ0n) is 10.2. The number of anilines is 1. The smallest absolute Gasteiger partial charge is 0.248 e. The van der Waals surface area contributed by atoms with Crippen molar-refractivity contribution in [3.63, 3.8) is 0 Å². The molecule has 3 rings (SSSR count). The Bertz CT molecular complexity index is 661. The van der Waals surface area contributed by atoms with Crippen LogP contribution in [0.25, 0.3) is 0 Å². The lowest BCUT2D eigenvalue weighted by Crippen LogP contribution is -2.32. The molecule has 2 aromatic rings. The fraction of sp³-hybridized carbons (Fsp3) is 0.182. The number of allylic oxidation sites excluding steroid dienone is 1. The Morgan fingerprint density at radius 3 is 3.11 bits per heavy atom. The molecule has 0 radical (unpaired) electrons. The van der Waals surface area contributed by atoms with E-state index in [4.69, 9.17) is 5.73 Å². The van der Waals surface area contributed by atoms with Gasteiger partial charge >= 0.3 is 0 Å². The molecule has 1 unspecified atom stereocenters. The number of aromatic nitrogens is 5. The van der Waals surface area contributed by atoms with Crippen LogP contribution >= 0.6 is 0 Å². The van der Waals surface area contributed by atoms with Gasteiger partial charge in [0, 0.05) is 17.3 Å². The second kappa shape index (κ2) is 4.16. The summed E-state index contributed by atoms with van der Waals surface area (Å²) in [5.41, 5.74) is 7.43. The number of hydrogen-bond acceptors (Lipinski definition) is 5. The molecule has 1 aliphatic heterocycles. The fourth-order valence-corrected chi connectivity index (χ4v) is 2.22. The highest BCUT2D eigenvalue weighted by Gasteiger charge is 2.33. The first-order valence-electron chi connectivity index (χ1n) is 5.70. The van der Waals surface area contributed by atoms with Crippen molar-refractivity contribution in [2.45, 2.75) is 13.0 Å². The van der Waals surface area contributed by atoms with E-state index >= 15 is 0 Å². The van der Waals surface area contributed by atoms with Gasteiger partial charge in [-0.15, -0.1) is 0 Å². The van der Waals surface area contributed by atoms with E-state index < -0.39 is 11.9 Å². The summed E-state index contributed by atoms with van der Waals surface area (Å²) in [5.74, 6) is -0.0173. The van der Waals surface area contributed by atoms with Crippen LogP contribution in [0.3, 0.4) is 0 Å². The molecule has 19 heavy (non-hydrogen) atoms. The van der Waals surface area contributed by atoms with E-state index in [1.54, 1.807) is 19.3 Å². The molecular weight excluding hydrogens is 246 g/mol. The summed E-state index contributed by atoms with van der Waals surface area (Å²) in [5, 5.41) is 14.4. The fourth-order valence-electron chi connectivity index (χ4n) is 2.22. The zero-order chi connectivity index (χ0) is 13.4. The molecule has 96 valence electrons. The molecule has 0 fully saturated rings. The molecule has 3 heterocycles. The van der Waals surface area contributed by atoms with Gasteiger partial charge in [0.1, 0.15) is 6.04 Å². The lowest BCUT2D eigenvalue weighted by atomic mass is 9.97. The van der Waals surface area contributed by atoms with Gasteiger partial charge in [-0.25, -0.2) is 4.98 Å². The topological polar surface area (TPSA) is 113 Å². The van der Waals surface area contributed by atoms with Crippen LogP contribution in [0.15, 0.2) is 35.8 Å². The van der Waals surface area contributed by atoms with Gasteiger partial charge in [-0.1, -0.05) is 5.10 Å². The predicted molar refractivity (Wildman–Crippen MR) is 64.5 cm³/mol. The van der Waals surface area contributed by atoms with E-state index in [2.05, 4.69) is 25.8 Å². The third-order valence-corrected chi connectivity index (χ3v) is 3.03. The summed E-state index contributed by atoms with van der Waals surface area (Å²) in [6.07, 6.45) is 3.57. The van der Waals surface area contributed by atoms with Crippen LogP contribution in [-0.4, -0.2) is 26.1 Å². The number of aromatic amines is 1. The zero-order valence-corrected chi connectivity index (χ0v) is 10.2. The van der Waals surface area contributed by atoms with Crippen LogP contribution in [0.4, 0.5) is 5.95 Å². The standard InChI is InChI=1S/C11H11N7O/c1-6-8(10(12)19)9(7-3-2-4-13-5-7)18-11(14-6)15-16-17-18/h2-5,9H,1H3,(H2,12,19)(H,14,15,17)/p+1. The summed E-state index contributed by atoms with van der Waals surface area (Å²) < 4.78 is 1.54. The minimum Gasteiger partial charge on any atom is -0.366 e. The lowest BCUT2D eigenvalue weighted by molar-refractivity contribution is -0.378. The van der Waals surface area contributed by atoms with Crippen molar-refractivity contribution < 1.29 is 9.78 Å². The van der Waals surface area contributed by atoms with Crippen molar-refractivity contribution >= 4 is 11.9 Å². The summed E-state index contributed by atoms with van der Waals surface area (Å²) in [6, 6.07) is 3.30. The molecule has 0 bridgehead atoms. The largest absolute Gasteiger partial charge is 0.366 e. The number of rotatable bonds is 2. The maximum absolute atomic E-state index is 11.7. The first-order valence-corrected chi connectivity index (χ1v) is 5.70. The molecule has 0 saturated carbocycles. The van der Waals surface area contributed by atoms with Gasteiger partial charge in [-0.2, -0.15) is 4.68 Å². The highest BCUT2D eigenvalue weighted by molar-refractivity contribution is 5.95. The van der Waals surface area contributed by atoms with E-state index in [0.717, 1.165) is 5.56 Å². The average Bonchev–Trinajstić information content (AvgIpc) is 2.85. The number of carbonyl (C=O) groups is 1. The molecule has 0 spiro atoms.